The van der Waals surface area contributed by atoms with Gasteiger partial charge in [-0.3, -0.25) is 4.79 Å². The van der Waals surface area contributed by atoms with Gasteiger partial charge in [0.15, 0.2) is 0 Å². The number of nitrogens with one attached hydrogen (secondary N) is 1. The van der Waals surface area contributed by atoms with Gasteiger partial charge in [-0.1, -0.05) is 18.2 Å². The van der Waals surface area contributed by atoms with Crippen molar-refractivity contribution in [3.8, 4) is 5.75 Å². The summed E-state index contributed by atoms with van der Waals surface area (Å²) in [4.78, 5) is 24.0. The molecule has 1 atom stereocenters. The van der Waals surface area contributed by atoms with Crippen LogP contribution >= 0.6 is 0 Å². The average molecular weight is 366 g/mol. The van der Waals surface area contributed by atoms with Gasteiger partial charge < -0.3 is 15.0 Å². The molecule has 3 heterocycles. The lowest BCUT2D eigenvalue weighted by molar-refractivity contribution is -0.130. The van der Waals surface area contributed by atoms with Crippen LogP contribution in [0.4, 0.5) is 0 Å². The Morgan fingerprint density at radius 2 is 2.26 bits per heavy atom. The van der Waals surface area contributed by atoms with Crippen molar-refractivity contribution in [1.29, 1.82) is 0 Å². The molecule has 142 valence electrons. The van der Waals surface area contributed by atoms with Crippen molar-refractivity contribution < 1.29 is 9.53 Å². The molecular weight excluding hydrogens is 340 g/mol. The minimum atomic E-state index is 0.200. The first kappa shape index (κ1) is 17.9. The highest BCUT2D eigenvalue weighted by Crippen LogP contribution is 2.27. The maximum Gasteiger partial charge on any atom is 0.222 e. The van der Waals surface area contributed by atoms with Crippen LogP contribution in [0, 0.1) is 0 Å². The van der Waals surface area contributed by atoms with E-state index in [2.05, 4.69) is 10.3 Å². The lowest BCUT2D eigenvalue weighted by Gasteiger charge is -2.19. The smallest absolute Gasteiger partial charge is 0.222 e. The van der Waals surface area contributed by atoms with Crippen LogP contribution in [-0.2, 0) is 24.2 Å². The highest BCUT2D eigenvalue weighted by Gasteiger charge is 2.29. The zero-order valence-corrected chi connectivity index (χ0v) is 15.8. The van der Waals surface area contributed by atoms with Crippen molar-refractivity contribution in [2.75, 3.05) is 26.7 Å². The van der Waals surface area contributed by atoms with Gasteiger partial charge in [0.05, 0.1) is 7.11 Å². The van der Waals surface area contributed by atoms with E-state index < -0.39 is 0 Å². The summed E-state index contributed by atoms with van der Waals surface area (Å²) in [5, 5.41) is 3.35. The molecule has 6 heteroatoms. The molecule has 2 aliphatic rings. The number of hydrogen-bond acceptors (Lipinski definition) is 5. The molecule has 4 rings (SSSR count). The summed E-state index contributed by atoms with van der Waals surface area (Å²) in [5.41, 5.74) is 3.45. The van der Waals surface area contributed by atoms with Gasteiger partial charge in [0.25, 0.3) is 0 Å². The second-order valence-corrected chi connectivity index (χ2v) is 7.26. The van der Waals surface area contributed by atoms with Crippen LogP contribution in [0.2, 0.25) is 0 Å². The van der Waals surface area contributed by atoms with E-state index in [1.807, 2.05) is 35.4 Å². The Morgan fingerprint density at radius 3 is 3.15 bits per heavy atom. The molecule has 0 saturated carbocycles. The number of ether oxygens (including phenoxy) is 1. The minimum absolute atomic E-state index is 0.200. The van der Waals surface area contributed by atoms with Crippen LogP contribution in [0.15, 0.2) is 30.5 Å². The topological polar surface area (TPSA) is 67.3 Å². The van der Waals surface area contributed by atoms with E-state index in [1.54, 1.807) is 7.11 Å². The fraction of sp³-hybridized carbons (Fsp3) is 0.476. The molecule has 0 spiro atoms. The molecule has 27 heavy (non-hydrogen) atoms. The van der Waals surface area contributed by atoms with Gasteiger partial charge in [0, 0.05) is 62.4 Å². The predicted molar refractivity (Wildman–Crippen MR) is 103 cm³/mol. The zero-order chi connectivity index (χ0) is 18.6. The number of para-hydroxylation sites is 1. The Bertz CT molecular complexity index is 824. The van der Waals surface area contributed by atoms with E-state index in [-0.39, 0.29) is 11.8 Å². The largest absolute Gasteiger partial charge is 0.496 e. The summed E-state index contributed by atoms with van der Waals surface area (Å²) in [7, 11) is 1.67. The number of likely N-dealkylation sites (tertiary alicyclic amines) is 1. The number of amides is 1. The van der Waals surface area contributed by atoms with Crippen molar-refractivity contribution >= 4 is 5.91 Å². The molecule has 1 fully saturated rings. The molecule has 0 bridgehead atoms. The molecule has 1 saturated heterocycles. The predicted octanol–water partition coefficient (Wildman–Crippen LogP) is 2.08. The molecule has 1 aromatic carbocycles. The molecule has 2 aromatic rings. The third-order valence-electron chi connectivity index (χ3n) is 5.53. The summed E-state index contributed by atoms with van der Waals surface area (Å²) < 4.78 is 5.38. The molecule has 0 aliphatic carbocycles. The number of carbonyl (C=O) groups excluding carboxylic acids is 1. The number of benzene rings is 1. The third kappa shape index (κ3) is 3.95. The average Bonchev–Trinajstić information content (AvgIpc) is 3.22. The standard InChI is InChI=1S/C21H26N4O2/c1-27-19-5-3-2-4-15(19)6-7-20(26)25-11-9-16(14-25)21-23-13-17-12-22-10-8-18(17)24-21/h2-5,13,16,22H,6-12,14H2,1H3. The van der Waals surface area contributed by atoms with E-state index >= 15 is 0 Å². The second-order valence-electron chi connectivity index (χ2n) is 7.26. The van der Waals surface area contributed by atoms with Gasteiger partial charge in [-0.25, -0.2) is 9.97 Å². The number of aromatic nitrogens is 2. The Labute approximate surface area is 160 Å². The number of fused-ring (bicyclic) bond motifs is 1. The Balaban J connectivity index is 1.35. The molecule has 1 aromatic heterocycles. The number of aryl methyl sites for hydroxylation is 1. The molecule has 0 radical (unpaired) electrons. The van der Waals surface area contributed by atoms with Crippen LogP contribution in [0.5, 0.6) is 5.75 Å². The summed E-state index contributed by atoms with van der Waals surface area (Å²) in [6.07, 6.45) is 5.06. The molecule has 1 unspecified atom stereocenters. The van der Waals surface area contributed by atoms with Gasteiger partial charge in [-0.05, 0) is 24.5 Å². The summed E-state index contributed by atoms with van der Waals surface area (Å²) in [6.45, 7) is 3.34. The Hall–Kier alpha value is -2.47. The van der Waals surface area contributed by atoms with Crippen LogP contribution in [0.25, 0.3) is 0 Å². The first-order valence-corrected chi connectivity index (χ1v) is 9.69. The summed E-state index contributed by atoms with van der Waals surface area (Å²) >= 11 is 0. The van der Waals surface area contributed by atoms with Crippen molar-refractivity contribution in [3.63, 3.8) is 0 Å². The van der Waals surface area contributed by atoms with E-state index in [0.29, 0.717) is 12.8 Å². The molecule has 6 nitrogen and oxygen atoms in total. The highest BCUT2D eigenvalue weighted by molar-refractivity contribution is 5.77. The van der Waals surface area contributed by atoms with E-state index in [1.165, 1.54) is 11.3 Å². The SMILES string of the molecule is COc1ccccc1CCC(=O)N1CCC(c2ncc3c(n2)CCNC3)C1. The maximum absolute atomic E-state index is 12.7. The number of hydrogen-bond donors (Lipinski definition) is 1. The van der Waals surface area contributed by atoms with Crippen molar-refractivity contribution in [2.24, 2.45) is 0 Å². The van der Waals surface area contributed by atoms with Crippen LogP contribution in [0.3, 0.4) is 0 Å². The van der Waals surface area contributed by atoms with Crippen molar-refractivity contribution in [3.05, 3.63) is 53.1 Å². The Kier molecular flexibility index (Phi) is 5.34. The zero-order valence-electron chi connectivity index (χ0n) is 15.8. The number of carbonyl (C=O) groups is 1. The lowest BCUT2D eigenvalue weighted by atomic mass is 10.1. The first-order chi connectivity index (χ1) is 13.2. The van der Waals surface area contributed by atoms with Gasteiger partial charge in [0.2, 0.25) is 5.91 Å². The van der Waals surface area contributed by atoms with Crippen LogP contribution in [0.1, 0.15) is 41.4 Å². The van der Waals surface area contributed by atoms with Crippen molar-refractivity contribution in [2.45, 2.75) is 38.1 Å². The monoisotopic (exact) mass is 366 g/mol. The normalized spacial score (nSPS) is 19.0. The highest BCUT2D eigenvalue weighted by atomic mass is 16.5. The number of nitrogens with zero attached hydrogens (tertiary/aromatic N) is 3. The van der Waals surface area contributed by atoms with E-state index in [4.69, 9.17) is 9.72 Å². The molecule has 1 amide bonds. The maximum atomic E-state index is 12.7. The molecular formula is C21H26N4O2. The molecule has 1 N–H and O–H groups in total. The Morgan fingerprint density at radius 1 is 1.37 bits per heavy atom. The third-order valence-corrected chi connectivity index (χ3v) is 5.53. The van der Waals surface area contributed by atoms with Crippen LogP contribution in [-0.4, -0.2) is 47.5 Å². The second kappa shape index (κ2) is 8.05. The van der Waals surface area contributed by atoms with E-state index in [9.17, 15) is 4.79 Å². The fourth-order valence-electron chi connectivity index (χ4n) is 3.95. The summed E-state index contributed by atoms with van der Waals surface area (Å²) in [6, 6.07) is 7.89. The minimum Gasteiger partial charge on any atom is -0.496 e. The van der Waals surface area contributed by atoms with Gasteiger partial charge in [-0.15, -0.1) is 0 Å². The van der Waals surface area contributed by atoms with Crippen molar-refractivity contribution in [1.82, 2.24) is 20.2 Å². The van der Waals surface area contributed by atoms with Crippen LogP contribution < -0.4 is 10.1 Å². The lowest BCUT2D eigenvalue weighted by Crippen LogP contribution is -2.29. The van der Waals surface area contributed by atoms with Gasteiger partial charge >= 0.3 is 0 Å². The summed E-state index contributed by atoms with van der Waals surface area (Å²) in [5.74, 6) is 2.20. The number of rotatable bonds is 5. The first-order valence-electron chi connectivity index (χ1n) is 9.69. The molecule has 2 aliphatic heterocycles. The van der Waals surface area contributed by atoms with Gasteiger partial charge in [-0.2, -0.15) is 0 Å². The van der Waals surface area contributed by atoms with E-state index in [0.717, 1.165) is 56.2 Å². The quantitative estimate of drug-likeness (QED) is 0.878. The fourth-order valence-corrected chi connectivity index (χ4v) is 3.95. The number of methoxy groups -OCH3 is 1. The van der Waals surface area contributed by atoms with Gasteiger partial charge in [0.1, 0.15) is 11.6 Å².